The molecule has 1 saturated heterocycles. The highest BCUT2D eigenvalue weighted by atomic mass is 32.2. The van der Waals surface area contributed by atoms with Gasteiger partial charge in [0.25, 0.3) is 0 Å². The zero-order chi connectivity index (χ0) is 37.8. The minimum absolute atomic E-state index is 0.250. The number of nitrogens with zero attached hydrogens (tertiary/aromatic N) is 1. The first-order valence-electron chi connectivity index (χ1n) is 16.3. The van der Waals surface area contributed by atoms with Crippen molar-refractivity contribution in [2.45, 2.75) is 79.5 Å². The normalized spacial score (nSPS) is 11.1. The van der Waals surface area contributed by atoms with Gasteiger partial charge in [0, 0.05) is 51.5 Å². The second kappa shape index (κ2) is 37.5. The Morgan fingerprint density at radius 3 is 1.83 bits per heavy atom. The maximum atomic E-state index is 10.4. The van der Waals surface area contributed by atoms with Gasteiger partial charge in [-0.25, -0.2) is 9.10 Å². The molecule has 14 heteroatoms. The van der Waals surface area contributed by atoms with Crippen LogP contribution in [0.4, 0.5) is 4.79 Å². The standard InChI is InChI=1S/C15H24N2O3S.C8H11O4P.C4H8O.C2H6O.2C2H6.CH4O/c1-12(2)11-17(10-4-9-16-15(18)19)21-14-7-5-13(20-3)6-8-14;1-7-2-4-8(5-3-7)12-6-13(9,10)11;1-2-4-5-3-1;1-2-3;3*1-2/h5-8,12,16H,4,9-11H2,1-3H3,(H,18,19);2-5H,6H2,1H3,(H2,9,10,11);1-4H2;3H,2H2,1H3;2*1-2H3;2H,1H3. The van der Waals surface area contributed by atoms with Crippen LogP contribution in [0.25, 0.3) is 0 Å². The molecule has 0 bridgehead atoms. The zero-order valence-corrected chi connectivity index (χ0v) is 32.6. The molecular formula is C34H65N2O10PS. The third-order valence-corrected chi connectivity index (χ3v) is 6.51. The summed E-state index contributed by atoms with van der Waals surface area (Å²) in [5.74, 6) is 1.87. The highest BCUT2D eigenvalue weighted by Crippen LogP contribution is 2.34. The van der Waals surface area contributed by atoms with Gasteiger partial charge in [0.1, 0.15) is 11.5 Å². The molecule has 282 valence electrons. The first-order chi connectivity index (χ1) is 22.9. The fourth-order valence-electron chi connectivity index (χ4n) is 3.12. The van der Waals surface area contributed by atoms with Crippen LogP contribution < -0.4 is 14.8 Å². The Labute approximate surface area is 294 Å². The van der Waals surface area contributed by atoms with Crippen molar-refractivity contribution < 1.29 is 48.7 Å². The predicted octanol–water partition coefficient (Wildman–Crippen LogP) is 7.28. The number of carbonyl (C=O) groups is 1. The van der Waals surface area contributed by atoms with Crippen LogP contribution in [0.1, 0.15) is 73.3 Å². The number of ether oxygens (including phenoxy) is 3. The van der Waals surface area contributed by atoms with Gasteiger partial charge in [-0.05, 0) is 87.4 Å². The first-order valence-corrected chi connectivity index (χ1v) is 18.9. The molecule has 3 rings (SSSR count). The van der Waals surface area contributed by atoms with Crippen molar-refractivity contribution in [3.05, 3.63) is 54.1 Å². The summed E-state index contributed by atoms with van der Waals surface area (Å²) in [7, 11) is -1.41. The molecule has 1 amide bonds. The van der Waals surface area contributed by atoms with E-state index in [1.807, 2.05) is 71.0 Å². The number of hydrogen-bond acceptors (Lipinski definition) is 9. The summed E-state index contributed by atoms with van der Waals surface area (Å²) >= 11 is 1.70. The average molecular weight is 725 g/mol. The van der Waals surface area contributed by atoms with Gasteiger partial charge in [0.05, 0.1) is 7.11 Å². The monoisotopic (exact) mass is 724 g/mol. The van der Waals surface area contributed by atoms with Crippen LogP contribution in [0.2, 0.25) is 0 Å². The maximum absolute atomic E-state index is 10.4. The van der Waals surface area contributed by atoms with Crippen molar-refractivity contribution in [1.29, 1.82) is 0 Å². The van der Waals surface area contributed by atoms with Crippen LogP contribution in [0.3, 0.4) is 0 Å². The van der Waals surface area contributed by atoms with Gasteiger partial charge < -0.3 is 44.6 Å². The minimum atomic E-state index is -4.07. The van der Waals surface area contributed by atoms with E-state index in [2.05, 4.69) is 23.5 Å². The van der Waals surface area contributed by atoms with Crippen LogP contribution >= 0.6 is 19.5 Å². The SMILES string of the molecule is C1CCOC1.CC.CC.CCO.CO.COc1ccc(SN(CCCNC(=O)O)CC(C)C)cc1.Cc1ccc(OCP(=O)(O)O)cc1. The molecule has 0 saturated carbocycles. The molecule has 0 aliphatic carbocycles. The van der Waals surface area contributed by atoms with Gasteiger partial charge in [0.2, 0.25) is 0 Å². The zero-order valence-electron chi connectivity index (χ0n) is 30.8. The number of carboxylic acid groups (broad SMARTS) is 1. The van der Waals surface area contributed by atoms with E-state index >= 15 is 0 Å². The number of aliphatic hydroxyl groups excluding tert-OH is 2. The summed E-state index contributed by atoms with van der Waals surface area (Å²) in [6.07, 6.45) is 1.81. The molecule has 0 aromatic heterocycles. The number of benzene rings is 2. The van der Waals surface area contributed by atoms with Crippen LogP contribution in [0.15, 0.2) is 53.4 Å². The first kappa shape index (κ1) is 52.5. The Balaban J connectivity index is -0.000000303. The van der Waals surface area contributed by atoms with Crippen LogP contribution in [-0.2, 0) is 9.30 Å². The topological polar surface area (TPSA) is 178 Å². The fraction of sp³-hybridized carbons (Fsp3) is 0.618. The van der Waals surface area contributed by atoms with Crippen molar-refractivity contribution in [1.82, 2.24) is 9.62 Å². The lowest BCUT2D eigenvalue weighted by Gasteiger charge is -2.23. The molecule has 48 heavy (non-hydrogen) atoms. The number of nitrogens with one attached hydrogen (secondary N) is 1. The maximum Gasteiger partial charge on any atom is 0.404 e. The summed E-state index contributed by atoms with van der Waals surface area (Å²) in [5.41, 5.74) is 1.07. The van der Waals surface area contributed by atoms with Crippen molar-refractivity contribution in [2.75, 3.05) is 60.0 Å². The van der Waals surface area contributed by atoms with Gasteiger partial charge >= 0.3 is 13.7 Å². The summed E-state index contributed by atoms with van der Waals surface area (Å²) in [6.45, 7) is 20.5. The molecule has 6 N–H and O–H groups in total. The summed E-state index contributed by atoms with van der Waals surface area (Å²) in [4.78, 5) is 28.6. The second-order valence-electron chi connectivity index (χ2n) is 9.52. The molecule has 2 aromatic carbocycles. The van der Waals surface area contributed by atoms with Gasteiger partial charge in [-0.2, -0.15) is 0 Å². The average Bonchev–Trinajstić information content (AvgIpc) is 3.67. The number of hydrogen-bond donors (Lipinski definition) is 6. The molecule has 2 aromatic rings. The summed E-state index contributed by atoms with van der Waals surface area (Å²) in [6, 6.07) is 14.9. The van der Waals surface area contributed by atoms with Crippen LogP contribution in [0.5, 0.6) is 11.5 Å². The lowest BCUT2D eigenvalue weighted by Crippen LogP contribution is -2.27. The molecule has 0 spiro atoms. The van der Waals surface area contributed by atoms with Gasteiger partial charge in [0.15, 0.2) is 6.35 Å². The quantitative estimate of drug-likeness (QED) is 0.0733. The van der Waals surface area contributed by atoms with E-state index in [1.54, 1.807) is 38.1 Å². The van der Waals surface area contributed by atoms with E-state index in [9.17, 15) is 9.36 Å². The van der Waals surface area contributed by atoms with E-state index in [0.717, 1.165) is 56.0 Å². The number of rotatable bonds is 12. The van der Waals surface area contributed by atoms with E-state index in [0.29, 0.717) is 18.2 Å². The molecule has 1 aliphatic heterocycles. The van der Waals surface area contributed by atoms with E-state index in [1.165, 1.54) is 12.8 Å². The van der Waals surface area contributed by atoms with Gasteiger partial charge in [-0.3, -0.25) is 4.57 Å². The van der Waals surface area contributed by atoms with E-state index in [-0.39, 0.29) is 6.61 Å². The number of methoxy groups -OCH3 is 1. The van der Waals surface area contributed by atoms with Crippen molar-refractivity contribution >= 4 is 25.6 Å². The molecule has 12 nitrogen and oxygen atoms in total. The molecule has 1 aliphatic rings. The fourth-order valence-corrected chi connectivity index (χ4v) is 4.59. The number of aryl methyl sites for hydroxylation is 1. The van der Waals surface area contributed by atoms with Crippen molar-refractivity contribution in [3.8, 4) is 11.5 Å². The highest BCUT2D eigenvalue weighted by Gasteiger charge is 2.13. The van der Waals surface area contributed by atoms with Crippen molar-refractivity contribution in [3.63, 3.8) is 0 Å². The molecule has 0 atom stereocenters. The molecule has 0 radical (unpaired) electrons. The Bertz CT molecular complexity index is 983. The van der Waals surface area contributed by atoms with Gasteiger partial charge in [-0.15, -0.1) is 0 Å². The number of aliphatic hydroxyl groups is 2. The van der Waals surface area contributed by atoms with Crippen LogP contribution in [-0.4, -0.2) is 95.5 Å². The summed E-state index contributed by atoms with van der Waals surface area (Å²) < 4.78 is 27.7. The Morgan fingerprint density at radius 1 is 0.979 bits per heavy atom. The molecular weight excluding hydrogens is 659 g/mol. The Hall–Kier alpha value is -2.35. The number of amides is 1. The largest absolute Gasteiger partial charge is 0.497 e. The van der Waals surface area contributed by atoms with Crippen molar-refractivity contribution in [2.24, 2.45) is 5.92 Å². The third kappa shape index (κ3) is 38.1. The Kier molecular flexibility index (Phi) is 41.0. The highest BCUT2D eigenvalue weighted by molar-refractivity contribution is 7.97. The molecule has 1 heterocycles. The Morgan fingerprint density at radius 2 is 1.46 bits per heavy atom. The lowest BCUT2D eigenvalue weighted by atomic mass is 10.2. The van der Waals surface area contributed by atoms with E-state index < -0.39 is 20.0 Å². The summed E-state index contributed by atoms with van der Waals surface area (Å²) in [5, 5.41) is 25.5. The minimum Gasteiger partial charge on any atom is -0.497 e. The lowest BCUT2D eigenvalue weighted by molar-refractivity contribution is 0.194. The molecule has 0 unspecified atom stereocenters. The second-order valence-corrected chi connectivity index (χ2v) is 12.3. The smallest absolute Gasteiger partial charge is 0.404 e. The van der Waals surface area contributed by atoms with Gasteiger partial charge in [-0.1, -0.05) is 59.2 Å². The third-order valence-electron chi connectivity index (χ3n) is 4.97. The predicted molar refractivity (Wildman–Crippen MR) is 198 cm³/mol. The molecule has 1 fully saturated rings. The van der Waals surface area contributed by atoms with E-state index in [4.69, 9.17) is 39.3 Å². The van der Waals surface area contributed by atoms with Crippen LogP contribution in [0, 0.1) is 12.8 Å².